The molecule has 7 amide bonds. The lowest BCUT2D eigenvalue weighted by Gasteiger charge is -2.36. The topological polar surface area (TPSA) is 181 Å². The lowest BCUT2D eigenvalue weighted by Crippen LogP contribution is -2.54. The Morgan fingerprint density at radius 3 is 2.32 bits per heavy atom. The zero-order chi connectivity index (χ0) is 41.3. The summed E-state index contributed by atoms with van der Waals surface area (Å²) < 4.78 is 0. The number of carbonyl (C=O) groups excluding carboxylic acids is 7. The van der Waals surface area contributed by atoms with Gasteiger partial charge in [-0.1, -0.05) is 25.0 Å². The highest BCUT2D eigenvalue weighted by Crippen LogP contribution is 2.32. The van der Waals surface area contributed by atoms with E-state index in [4.69, 9.17) is 0 Å². The van der Waals surface area contributed by atoms with Gasteiger partial charge < -0.3 is 25.3 Å². The van der Waals surface area contributed by atoms with Crippen molar-refractivity contribution in [3.63, 3.8) is 0 Å². The van der Waals surface area contributed by atoms with Crippen LogP contribution in [0.1, 0.15) is 88.0 Å². The minimum atomic E-state index is -1.05. The zero-order valence-electron chi connectivity index (χ0n) is 33.1. The number of nitrogens with one attached hydrogen (secondary N) is 3. The van der Waals surface area contributed by atoms with Crippen molar-refractivity contribution >= 4 is 58.8 Å². The van der Waals surface area contributed by atoms with Gasteiger partial charge in [-0.05, 0) is 85.7 Å². The molecule has 15 heteroatoms. The second-order valence-electron chi connectivity index (χ2n) is 15.4. The Morgan fingerprint density at radius 2 is 1.59 bits per heavy atom. The number of piperazine rings is 1. The average Bonchev–Trinajstić information content (AvgIpc) is 3.52. The van der Waals surface area contributed by atoms with E-state index >= 15 is 0 Å². The van der Waals surface area contributed by atoms with Crippen molar-refractivity contribution in [3.8, 4) is 0 Å². The monoisotopic (exact) mass is 802 g/mol. The molecule has 3 fully saturated rings. The van der Waals surface area contributed by atoms with Crippen LogP contribution >= 0.6 is 0 Å². The highest BCUT2D eigenvalue weighted by molar-refractivity contribution is 6.25. The molecule has 5 heterocycles. The van der Waals surface area contributed by atoms with Gasteiger partial charge in [0.05, 0.1) is 11.1 Å². The van der Waals surface area contributed by atoms with Gasteiger partial charge in [0, 0.05) is 101 Å². The molecule has 3 saturated heterocycles. The first kappa shape index (κ1) is 40.8. The van der Waals surface area contributed by atoms with Crippen molar-refractivity contribution < 1.29 is 33.6 Å². The van der Waals surface area contributed by atoms with Gasteiger partial charge in [0.2, 0.25) is 23.6 Å². The number of imide groups is 2. The molecule has 4 aliphatic heterocycles. The second kappa shape index (κ2) is 18.9. The van der Waals surface area contributed by atoms with Crippen LogP contribution in [0.2, 0.25) is 0 Å². The summed E-state index contributed by atoms with van der Waals surface area (Å²) in [5, 5.41) is 8.29. The SMILES string of the molecule is O=C(/C=C/c1cccnc1)NCCCCC1CCN(C(=O)c2ccc(N3CCN(C(=O)CCNc4cccc5c4C(=O)N(C4CCC(=O)NC4=O)C5=O)CC3)cc2)CC1. The molecule has 0 bridgehead atoms. The first-order valence-corrected chi connectivity index (χ1v) is 20.5. The third-order valence-corrected chi connectivity index (χ3v) is 11.6. The molecule has 0 aliphatic carbocycles. The van der Waals surface area contributed by atoms with Gasteiger partial charge in [-0.2, -0.15) is 0 Å². The minimum Gasteiger partial charge on any atom is -0.384 e. The summed E-state index contributed by atoms with van der Waals surface area (Å²) in [6, 6.07) is 15.2. The van der Waals surface area contributed by atoms with Crippen LogP contribution in [0.25, 0.3) is 6.08 Å². The van der Waals surface area contributed by atoms with Crippen LogP contribution in [-0.4, -0.2) is 119 Å². The number of fused-ring (bicyclic) bond motifs is 1. The fourth-order valence-corrected chi connectivity index (χ4v) is 8.24. The van der Waals surface area contributed by atoms with Crippen LogP contribution in [-0.2, 0) is 19.2 Å². The standard InChI is InChI=1S/C44H50N8O7/c53-37(15-9-31-6-4-20-45-29-31)47-21-2-1-5-30-18-23-51(24-19-30)42(57)32-10-12-33(13-11-32)49-25-27-50(28-26-49)39(55)17-22-46-35-8-3-7-34-40(35)44(59)52(43(34)58)36-14-16-38(54)48-41(36)56/h3-4,6-13,15,20,29-30,36,46H,1-2,5,14,16-19,21-28H2,(H,47,53)(H,48,54,56)/b15-9+. The number of amides is 7. The lowest BCUT2D eigenvalue weighted by molar-refractivity contribution is -0.136. The summed E-state index contributed by atoms with van der Waals surface area (Å²) in [6.45, 7) is 4.74. The molecule has 3 aromatic rings. The van der Waals surface area contributed by atoms with E-state index < -0.39 is 29.7 Å². The van der Waals surface area contributed by atoms with Crippen molar-refractivity contribution in [3.05, 3.63) is 95.3 Å². The number of likely N-dealkylation sites (tertiary alicyclic amines) is 1. The Hall–Kier alpha value is -6.38. The van der Waals surface area contributed by atoms with Crippen LogP contribution < -0.4 is 20.9 Å². The van der Waals surface area contributed by atoms with Gasteiger partial charge in [0.1, 0.15) is 6.04 Å². The highest BCUT2D eigenvalue weighted by atomic mass is 16.2. The molecule has 2 aromatic carbocycles. The summed E-state index contributed by atoms with van der Waals surface area (Å²) in [6.07, 6.45) is 12.0. The number of rotatable bonds is 14. The van der Waals surface area contributed by atoms with Gasteiger partial charge in [0.15, 0.2) is 0 Å². The Balaban J connectivity index is 0.790. The lowest BCUT2D eigenvalue weighted by atomic mass is 9.91. The number of anilines is 2. The molecule has 59 heavy (non-hydrogen) atoms. The molecule has 0 saturated carbocycles. The fourth-order valence-electron chi connectivity index (χ4n) is 8.24. The quantitative estimate of drug-likeness (QED) is 0.124. The largest absolute Gasteiger partial charge is 0.384 e. The summed E-state index contributed by atoms with van der Waals surface area (Å²) in [5.41, 5.74) is 3.31. The van der Waals surface area contributed by atoms with Crippen LogP contribution in [0.4, 0.5) is 11.4 Å². The van der Waals surface area contributed by atoms with Gasteiger partial charge in [-0.25, -0.2) is 0 Å². The van der Waals surface area contributed by atoms with Gasteiger partial charge in [-0.3, -0.25) is 48.8 Å². The van der Waals surface area contributed by atoms with E-state index in [0.717, 1.165) is 61.3 Å². The van der Waals surface area contributed by atoms with E-state index in [9.17, 15) is 33.6 Å². The smallest absolute Gasteiger partial charge is 0.264 e. The third-order valence-electron chi connectivity index (χ3n) is 11.6. The zero-order valence-corrected chi connectivity index (χ0v) is 33.1. The van der Waals surface area contributed by atoms with Crippen molar-refractivity contribution in [1.82, 2.24) is 30.3 Å². The van der Waals surface area contributed by atoms with E-state index in [1.165, 1.54) is 12.1 Å². The molecule has 3 N–H and O–H groups in total. The molecule has 1 atom stereocenters. The molecular weight excluding hydrogens is 753 g/mol. The van der Waals surface area contributed by atoms with Gasteiger partial charge in [-0.15, -0.1) is 0 Å². The first-order chi connectivity index (χ1) is 28.7. The Bertz CT molecular complexity index is 2090. The highest BCUT2D eigenvalue weighted by Gasteiger charge is 2.45. The van der Waals surface area contributed by atoms with E-state index in [0.29, 0.717) is 49.9 Å². The Morgan fingerprint density at radius 1 is 0.814 bits per heavy atom. The molecule has 1 unspecified atom stereocenters. The number of hydrogen-bond donors (Lipinski definition) is 3. The Labute approximate surface area is 343 Å². The Kier molecular flexibility index (Phi) is 13.1. The van der Waals surface area contributed by atoms with Crippen LogP contribution in [0, 0.1) is 5.92 Å². The van der Waals surface area contributed by atoms with E-state index in [2.05, 4.69) is 25.8 Å². The maximum Gasteiger partial charge on any atom is 0.264 e. The van der Waals surface area contributed by atoms with Crippen molar-refractivity contribution in [2.45, 2.75) is 57.4 Å². The maximum absolute atomic E-state index is 13.4. The van der Waals surface area contributed by atoms with Crippen LogP contribution in [0.5, 0.6) is 0 Å². The third kappa shape index (κ3) is 9.85. The van der Waals surface area contributed by atoms with E-state index in [1.54, 1.807) is 30.6 Å². The molecule has 1 aromatic heterocycles. The van der Waals surface area contributed by atoms with Crippen molar-refractivity contribution in [2.75, 3.05) is 62.6 Å². The summed E-state index contributed by atoms with van der Waals surface area (Å²) >= 11 is 0. The number of nitrogens with zero attached hydrogens (tertiary/aromatic N) is 5. The molecular formula is C44H50N8O7. The molecule has 0 spiro atoms. The van der Waals surface area contributed by atoms with Gasteiger partial charge in [0.25, 0.3) is 17.7 Å². The number of aromatic nitrogens is 1. The molecule has 308 valence electrons. The van der Waals surface area contributed by atoms with Crippen LogP contribution in [0.3, 0.4) is 0 Å². The number of unbranched alkanes of at least 4 members (excludes halogenated alkanes) is 1. The summed E-state index contributed by atoms with van der Waals surface area (Å²) in [5.74, 6) is -1.79. The predicted molar refractivity (Wildman–Crippen MR) is 220 cm³/mol. The normalized spacial score (nSPS) is 18.6. The second-order valence-corrected chi connectivity index (χ2v) is 15.4. The van der Waals surface area contributed by atoms with Crippen molar-refractivity contribution in [1.29, 1.82) is 0 Å². The molecule has 7 rings (SSSR count). The van der Waals surface area contributed by atoms with Crippen LogP contribution in [0.15, 0.2) is 73.1 Å². The average molecular weight is 803 g/mol. The molecule has 0 radical (unpaired) electrons. The number of pyridine rings is 1. The number of carbonyl (C=O) groups is 7. The molecule has 15 nitrogen and oxygen atoms in total. The predicted octanol–water partition coefficient (Wildman–Crippen LogP) is 3.49. The number of piperidine rings is 2. The maximum atomic E-state index is 13.4. The fraction of sp³-hybridized carbons (Fsp3) is 0.409. The number of hydrogen-bond acceptors (Lipinski definition) is 10. The molecule has 4 aliphatic rings. The van der Waals surface area contributed by atoms with Crippen molar-refractivity contribution in [2.24, 2.45) is 5.92 Å². The minimum absolute atomic E-state index is 0.0309. The van der Waals surface area contributed by atoms with E-state index in [-0.39, 0.29) is 54.7 Å². The van der Waals surface area contributed by atoms with Gasteiger partial charge >= 0.3 is 0 Å². The first-order valence-electron chi connectivity index (χ1n) is 20.5. The summed E-state index contributed by atoms with van der Waals surface area (Å²) in [4.78, 5) is 100. The van der Waals surface area contributed by atoms with E-state index in [1.807, 2.05) is 46.2 Å². The summed E-state index contributed by atoms with van der Waals surface area (Å²) in [7, 11) is 0. The number of benzene rings is 2.